The summed E-state index contributed by atoms with van der Waals surface area (Å²) in [5.74, 6) is -0.191. The van der Waals surface area contributed by atoms with E-state index in [1.165, 1.54) is 37.4 Å². The maximum Gasteiger partial charge on any atom is 0.255 e. The van der Waals surface area contributed by atoms with Crippen molar-refractivity contribution in [3.8, 4) is 5.75 Å². The number of hydrogen-bond donors (Lipinski definition) is 2. The number of amides is 1. The number of benzene rings is 1. The van der Waals surface area contributed by atoms with Crippen molar-refractivity contribution in [2.75, 3.05) is 5.32 Å². The molecule has 6 nitrogen and oxygen atoms in total. The van der Waals surface area contributed by atoms with E-state index >= 15 is 0 Å². The zero-order chi connectivity index (χ0) is 15.7. The maximum absolute atomic E-state index is 12.1. The lowest BCUT2D eigenvalue weighted by molar-refractivity contribution is 0.0987. The molecule has 2 N–H and O–H groups in total. The average molecular weight is 296 g/mol. The Morgan fingerprint density at radius 1 is 1.18 bits per heavy atom. The first kappa shape index (κ1) is 13.8. The minimum atomic E-state index is -0.323. The number of rotatable bonds is 3. The fourth-order valence-electron chi connectivity index (χ4n) is 1.99. The van der Waals surface area contributed by atoms with Gasteiger partial charge in [-0.15, -0.1) is 0 Å². The molecule has 0 radical (unpaired) electrons. The van der Waals surface area contributed by atoms with Crippen LogP contribution in [-0.4, -0.2) is 21.8 Å². The Morgan fingerprint density at radius 2 is 1.91 bits per heavy atom. The van der Waals surface area contributed by atoms with Crippen molar-refractivity contribution in [1.29, 1.82) is 0 Å². The van der Waals surface area contributed by atoms with E-state index in [1.807, 2.05) is 0 Å². The van der Waals surface area contributed by atoms with Crippen LogP contribution < -0.4 is 5.32 Å². The minimum Gasteiger partial charge on any atom is -0.508 e. The first-order valence-corrected chi connectivity index (χ1v) is 6.54. The number of carbonyl (C=O) groups excluding carboxylic acids is 2. The molecule has 0 fully saturated rings. The quantitative estimate of drug-likeness (QED) is 0.725. The number of Topliss-reactive ketones (excluding diaryl/α,β-unsaturated/α-hetero) is 1. The number of pyridine rings is 1. The van der Waals surface area contributed by atoms with Crippen molar-refractivity contribution >= 4 is 28.5 Å². The Labute approximate surface area is 125 Å². The summed E-state index contributed by atoms with van der Waals surface area (Å²) in [5, 5.41) is 12.5. The molecule has 0 aliphatic rings. The van der Waals surface area contributed by atoms with Crippen molar-refractivity contribution in [2.45, 2.75) is 6.92 Å². The summed E-state index contributed by atoms with van der Waals surface area (Å²) in [5.41, 5.74) is 1.24. The van der Waals surface area contributed by atoms with Crippen LogP contribution in [0.5, 0.6) is 5.75 Å². The Kier molecular flexibility index (Phi) is 3.34. The summed E-state index contributed by atoms with van der Waals surface area (Å²) < 4.78 is 5.29. The third kappa shape index (κ3) is 2.67. The number of fused-ring (bicyclic) bond motifs is 1. The first-order chi connectivity index (χ1) is 10.5. The molecule has 2 aromatic heterocycles. The van der Waals surface area contributed by atoms with Gasteiger partial charge in [0.2, 0.25) is 5.71 Å². The van der Waals surface area contributed by atoms with E-state index in [-0.39, 0.29) is 23.2 Å². The molecule has 0 spiro atoms. The Bertz CT molecular complexity index is 865. The maximum atomic E-state index is 12.1. The highest BCUT2D eigenvalue weighted by Crippen LogP contribution is 2.21. The molecule has 0 saturated carbocycles. The summed E-state index contributed by atoms with van der Waals surface area (Å²) in [4.78, 5) is 27.4. The molecule has 1 amide bonds. The predicted molar refractivity (Wildman–Crippen MR) is 80.1 cm³/mol. The number of phenols is 1. The SMILES string of the molecule is CC(=O)c1cc2cc(NC(=O)c3ccc(O)cc3)cnc2o1. The molecular weight excluding hydrogens is 284 g/mol. The van der Waals surface area contributed by atoms with Crippen LogP contribution in [0.1, 0.15) is 27.8 Å². The molecule has 0 saturated heterocycles. The molecule has 2 heterocycles. The monoisotopic (exact) mass is 296 g/mol. The molecule has 6 heteroatoms. The first-order valence-electron chi connectivity index (χ1n) is 6.54. The van der Waals surface area contributed by atoms with Gasteiger partial charge in [-0.1, -0.05) is 0 Å². The van der Waals surface area contributed by atoms with Gasteiger partial charge in [-0.05, 0) is 36.4 Å². The van der Waals surface area contributed by atoms with Gasteiger partial charge in [0.15, 0.2) is 11.5 Å². The molecule has 1 aromatic carbocycles. The average Bonchev–Trinajstić information content (AvgIpc) is 2.91. The number of phenolic OH excluding ortho intramolecular Hbond substituents is 1. The lowest BCUT2D eigenvalue weighted by Gasteiger charge is -2.04. The zero-order valence-corrected chi connectivity index (χ0v) is 11.7. The van der Waals surface area contributed by atoms with E-state index in [0.717, 1.165) is 0 Å². The van der Waals surface area contributed by atoms with Gasteiger partial charge in [0.05, 0.1) is 11.9 Å². The second-order valence-corrected chi connectivity index (χ2v) is 4.79. The van der Waals surface area contributed by atoms with Crippen LogP contribution in [0.3, 0.4) is 0 Å². The molecule has 110 valence electrons. The summed E-state index contributed by atoms with van der Waals surface area (Å²) >= 11 is 0. The van der Waals surface area contributed by atoms with Crippen molar-refractivity contribution in [3.05, 3.63) is 53.9 Å². The van der Waals surface area contributed by atoms with Crippen LogP contribution in [0.2, 0.25) is 0 Å². The highest BCUT2D eigenvalue weighted by molar-refractivity contribution is 6.05. The summed E-state index contributed by atoms with van der Waals surface area (Å²) in [7, 11) is 0. The Morgan fingerprint density at radius 3 is 2.59 bits per heavy atom. The normalized spacial score (nSPS) is 10.6. The lowest BCUT2D eigenvalue weighted by atomic mass is 10.2. The van der Waals surface area contributed by atoms with Crippen LogP contribution in [0.25, 0.3) is 11.1 Å². The standard InChI is InChI=1S/C16H12N2O4/c1-9(19)14-7-11-6-12(8-17-16(11)22-14)18-15(21)10-2-4-13(20)5-3-10/h2-8,20H,1H3,(H,18,21). The van der Waals surface area contributed by atoms with Crippen LogP contribution in [-0.2, 0) is 0 Å². The van der Waals surface area contributed by atoms with Crippen molar-refractivity contribution in [1.82, 2.24) is 4.98 Å². The van der Waals surface area contributed by atoms with Crippen molar-refractivity contribution < 1.29 is 19.1 Å². The van der Waals surface area contributed by atoms with Gasteiger partial charge in [-0.3, -0.25) is 9.59 Å². The fraction of sp³-hybridized carbons (Fsp3) is 0.0625. The molecule has 3 aromatic rings. The van der Waals surface area contributed by atoms with Crippen LogP contribution >= 0.6 is 0 Å². The summed E-state index contributed by atoms with van der Waals surface area (Å²) in [6, 6.07) is 9.17. The summed E-state index contributed by atoms with van der Waals surface area (Å²) in [6.45, 7) is 1.41. The van der Waals surface area contributed by atoms with Gasteiger partial charge >= 0.3 is 0 Å². The predicted octanol–water partition coefficient (Wildman–Crippen LogP) is 2.99. The third-order valence-corrected chi connectivity index (χ3v) is 3.11. The molecule has 0 unspecified atom stereocenters. The van der Waals surface area contributed by atoms with E-state index in [1.54, 1.807) is 12.1 Å². The van der Waals surface area contributed by atoms with E-state index in [0.29, 0.717) is 22.4 Å². The number of aromatic hydroxyl groups is 1. The molecule has 0 atom stereocenters. The van der Waals surface area contributed by atoms with Gasteiger partial charge < -0.3 is 14.8 Å². The largest absolute Gasteiger partial charge is 0.508 e. The molecule has 3 rings (SSSR count). The highest BCUT2D eigenvalue weighted by atomic mass is 16.4. The number of ketones is 1. The van der Waals surface area contributed by atoms with Crippen LogP contribution in [0.4, 0.5) is 5.69 Å². The van der Waals surface area contributed by atoms with Crippen molar-refractivity contribution in [2.24, 2.45) is 0 Å². The topological polar surface area (TPSA) is 92.4 Å². The number of anilines is 1. The van der Waals surface area contributed by atoms with Gasteiger partial charge in [-0.25, -0.2) is 4.98 Å². The number of furan rings is 1. The van der Waals surface area contributed by atoms with Crippen molar-refractivity contribution in [3.63, 3.8) is 0 Å². The molecule has 0 bridgehead atoms. The van der Waals surface area contributed by atoms with Gasteiger partial charge in [0.1, 0.15) is 5.75 Å². The number of carbonyl (C=O) groups is 2. The Hall–Kier alpha value is -3.15. The molecule has 22 heavy (non-hydrogen) atoms. The smallest absolute Gasteiger partial charge is 0.255 e. The second kappa shape index (κ2) is 5.33. The minimum absolute atomic E-state index is 0.0924. The van der Waals surface area contributed by atoms with E-state index < -0.39 is 0 Å². The zero-order valence-electron chi connectivity index (χ0n) is 11.7. The lowest BCUT2D eigenvalue weighted by Crippen LogP contribution is -2.11. The molecular formula is C16H12N2O4. The second-order valence-electron chi connectivity index (χ2n) is 4.79. The van der Waals surface area contributed by atoms with E-state index in [2.05, 4.69) is 10.3 Å². The highest BCUT2D eigenvalue weighted by Gasteiger charge is 2.11. The van der Waals surface area contributed by atoms with Gasteiger partial charge in [0.25, 0.3) is 5.91 Å². The summed E-state index contributed by atoms with van der Waals surface area (Å²) in [6.07, 6.45) is 1.45. The fourth-order valence-corrected chi connectivity index (χ4v) is 1.99. The van der Waals surface area contributed by atoms with Crippen LogP contribution in [0.15, 0.2) is 47.0 Å². The number of nitrogens with one attached hydrogen (secondary N) is 1. The van der Waals surface area contributed by atoms with Crippen LogP contribution in [0, 0.1) is 0 Å². The van der Waals surface area contributed by atoms with Gasteiger partial charge in [-0.2, -0.15) is 0 Å². The van der Waals surface area contributed by atoms with E-state index in [4.69, 9.17) is 4.42 Å². The Balaban J connectivity index is 1.85. The van der Waals surface area contributed by atoms with E-state index in [9.17, 15) is 14.7 Å². The third-order valence-electron chi connectivity index (χ3n) is 3.11. The number of hydrogen-bond acceptors (Lipinski definition) is 5. The molecule has 0 aliphatic carbocycles. The van der Waals surface area contributed by atoms with Gasteiger partial charge in [0, 0.05) is 17.9 Å². The number of nitrogens with zero attached hydrogens (tertiary/aromatic N) is 1. The molecule has 0 aliphatic heterocycles. The number of aromatic nitrogens is 1.